The summed E-state index contributed by atoms with van der Waals surface area (Å²) in [5, 5.41) is 10.6. The molecule has 0 aliphatic heterocycles. The number of hydrogen-bond donors (Lipinski definition) is 0. The van der Waals surface area contributed by atoms with Gasteiger partial charge in [0.1, 0.15) is 11.9 Å². The van der Waals surface area contributed by atoms with E-state index in [0.29, 0.717) is 5.75 Å². The number of nitro benzene ring substituents is 1. The number of Topliss-reactive ketones (excluding diaryl/α,β-unsaturated/α-hetero) is 1. The summed E-state index contributed by atoms with van der Waals surface area (Å²) in [5.41, 5.74) is 0.0218. The minimum Gasteiger partial charge on any atom is -0.497 e. The van der Waals surface area contributed by atoms with Crippen LogP contribution in [0.15, 0.2) is 53.4 Å². The smallest absolute Gasteiger partial charge is 0.297 e. The van der Waals surface area contributed by atoms with Crippen molar-refractivity contribution in [2.45, 2.75) is 17.9 Å². The van der Waals surface area contributed by atoms with E-state index in [4.69, 9.17) is 8.92 Å². The number of benzene rings is 2. The number of carbonyl (C=O) groups excluding carboxylic acids is 1. The highest BCUT2D eigenvalue weighted by molar-refractivity contribution is 7.86. The highest BCUT2D eigenvalue weighted by atomic mass is 32.2. The van der Waals surface area contributed by atoms with Crippen LogP contribution in [0.3, 0.4) is 0 Å². The fourth-order valence-corrected chi connectivity index (χ4v) is 3.06. The first-order valence-electron chi connectivity index (χ1n) is 7.10. The van der Waals surface area contributed by atoms with Crippen molar-refractivity contribution in [1.29, 1.82) is 0 Å². The third-order valence-corrected chi connectivity index (χ3v) is 4.74. The van der Waals surface area contributed by atoms with Gasteiger partial charge in [0.15, 0.2) is 5.78 Å². The molecule has 2 rings (SSSR count). The zero-order valence-electron chi connectivity index (χ0n) is 13.4. The number of ketones is 1. The van der Waals surface area contributed by atoms with Gasteiger partial charge in [-0.1, -0.05) is 0 Å². The molecule has 0 N–H and O–H groups in total. The van der Waals surface area contributed by atoms with E-state index >= 15 is 0 Å². The van der Waals surface area contributed by atoms with Gasteiger partial charge in [-0.3, -0.25) is 19.1 Å². The molecule has 0 aliphatic carbocycles. The van der Waals surface area contributed by atoms with Gasteiger partial charge in [-0.05, 0) is 43.3 Å². The molecule has 0 heterocycles. The topological polar surface area (TPSA) is 113 Å². The second-order valence-electron chi connectivity index (χ2n) is 5.04. The summed E-state index contributed by atoms with van der Waals surface area (Å²) < 4.78 is 34.3. The maximum Gasteiger partial charge on any atom is 0.297 e. The normalized spacial score (nSPS) is 12.4. The first-order chi connectivity index (χ1) is 11.7. The molecule has 132 valence electrons. The number of ether oxygens (including phenoxy) is 1. The van der Waals surface area contributed by atoms with Crippen molar-refractivity contribution in [2.24, 2.45) is 0 Å². The van der Waals surface area contributed by atoms with E-state index in [0.717, 1.165) is 24.3 Å². The molecule has 8 nitrogen and oxygen atoms in total. The van der Waals surface area contributed by atoms with Crippen molar-refractivity contribution in [1.82, 2.24) is 0 Å². The summed E-state index contributed by atoms with van der Waals surface area (Å²) in [6, 6.07) is 10.4. The number of methoxy groups -OCH3 is 1. The molecular weight excluding hydrogens is 350 g/mol. The lowest BCUT2D eigenvalue weighted by Gasteiger charge is -2.12. The Morgan fingerprint density at radius 2 is 1.64 bits per heavy atom. The van der Waals surface area contributed by atoms with Crippen LogP contribution in [0, 0.1) is 10.1 Å². The van der Waals surface area contributed by atoms with Crippen LogP contribution >= 0.6 is 0 Å². The number of nitro groups is 1. The minimum absolute atomic E-state index is 0.249. The lowest BCUT2D eigenvalue weighted by molar-refractivity contribution is -0.384. The Morgan fingerprint density at radius 3 is 2.12 bits per heavy atom. The van der Waals surface area contributed by atoms with Crippen LogP contribution in [-0.2, 0) is 14.3 Å². The molecule has 0 radical (unpaired) electrons. The van der Waals surface area contributed by atoms with E-state index in [2.05, 4.69) is 0 Å². The number of rotatable bonds is 7. The Morgan fingerprint density at radius 1 is 1.08 bits per heavy atom. The molecule has 0 bridgehead atoms. The van der Waals surface area contributed by atoms with Gasteiger partial charge in [0, 0.05) is 17.7 Å². The van der Waals surface area contributed by atoms with E-state index in [-0.39, 0.29) is 16.1 Å². The Balaban J connectivity index is 2.15. The van der Waals surface area contributed by atoms with Crippen LogP contribution in [0.5, 0.6) is 5.75 Å². The minimum atomic E-state index is -4.24. The van der Waals surface area contributed by atoms with Gasteiger partial charge >= 0.3 is 0 Å². The summed E-state index contributed by atoms with van der Waals surface area (Å²) in [4.78, 5) is 22.0. The van der Waals surface area contributed by atoms with Gasteiger partial charge in [-0.15, -0.1) is 0 Å². The average molecular weight is 365 g/mol. The highest BCUT2D eigenvalue weighted by Crippen LogP contribution is 2.20. The summed E-state index contributed by atoms with van der Waals surface area (Å²) in [7, 11) is -2.75. The number of carbonyl (C=O) groups is 1. The maximum atomic E-state index is 12.3. The van der Waals surface area contributed by atoms with Crippen LogP contribution < -0.4 is 4.74 Å². The van der Waals surface area contributed by atoms with Crippen molar-refractivity contribution in [3.8, 4) is 5.75 Å². The Hall–Kier alpha value is -2.78. The molecule has 0 aromatic heterocycles. The second-order valence-corrected chi connectivity index (χ2v) is 6.61. The third-order valence-electron chi connectivity index (χ3n) is 3.35. The van der Waals surface area contributed by atoms with E-state index in [1.807, 2.05) is 0 Å². The fourth-order valence-electron chi connectivity index (χ4n) is 2.01. The number of hydrogen-bond acceptors (Lipinski definition) is 7. The molecule has 0 fully saturated rings. The molecule has 1 atom stereocenters. The summed E-state index contributed by atoms with van der Waals surface area (Å²) in [5.74, 6) is 0.0387. The van der Waals surface area contributed by atoms with Crippen LogP contribution in [0.2, 0.25) is 0 Å². The van der Waals surface area contributed by atoms with Crippen molar-refractivity contribution in [3.63, 3.8) is 0 Å². The average Bonchev–Trinajstić information content (AvgIpc) is 2.60. The second kappa shape index (κ2) is 7.41. The standard InChI is InChI=1S/C16H15NO7S/c1-11(16(18)12-3-7-14(23-2)8-4-12)24-25(21,22)15-9-5-13(6-10-15)17(19)20/h3-11H,1-2H3. The molecule has 0 aliphatic rings. The highest BCUT2D eigenvalue weighted by Gasteiger charge is 2.25. The zero-order chi connectivity index (χ0) is 18.6. The number of non-ortho nitro benzene ring substituents is 1. The quantitative estimate of drug-likeness (QED) is 0.321. The molecule has 0 saturated heterocycles. The molecule has 0 saturated carbocycles. The summed E-state index contributed by atoms with van der Waals surface area (Å²) in [6.45, 7) is 1.31. The van der Waals surface area contributed by atoms with Crippen LogP contribution in [0.4, 0.5) is 5.69 Å². The first kappa shape index (κ1) is 18.6. The molecule has 25 heavy (non-hydrogen) atoms. The van der Waals surface area contributed by atoms with E-state index in [1.54, 1.807) is 12.1 Å². The molecule has 9 heteroatoms. The van der Waals surface area contributed by atoms with E-state index in [1.165, 1.54) is 26.2 Å². The van der Waals surface area contributed by atoms with Crippen LogP contribution in [0.25, 0.3) is 0 Å². The predicted octanol–water partition coefficient (Wildman–Crippen LogP) is 2.58. The van der Waals surface area contributed by atoms with Crippen LogP contribution in [-0.4, -0.2) is 32.3 Å². The molecule has 0 amide bonds. The lowest BCUT2D eigenvalue weighted by Crippen LogP contribution is -2.24. The van der Waals surface area contributed by atoms with Crippen LogP contribution in [0.1, 0.15) is 17.3 Å². The van der Waals surface area contributed by atoms with Crippen molar-refractivity contribution < 1.29 is 27.1 Å². The Labute approximate surface area is 144 Å². The van der Waals surface area contributed by atoms with Gasteiger partial charge in [-0.2, -0.15) is 8.42 Å². The van der Waals surface area contributed by atoms with Gasteiger partial charge in [0.2, 0.25) is 0 Å². The first-order valence-corrected chi connectivity index (χ1v) is 8.51. The van der Waals surface area contributed by atoms with E-state index in [9.17, 15) is 23.3 Å². The van der Waals surface area contributed by atoms with Gasteiger partial charge < -0.3 is 4.74 Å². The molecule has 2 aromatic carbocycles. The van der Waals surface area contributed by atoms with Gasteiger partial charge in [0.25, 0.3) is 15.8 Å². The van der Waals surface area contributed by atoms with Gasteiger partial charge in [0.05, 0.1) is 16.9 Å². The Kier molecular flexibility index (Phi) is 5.50. The third kappa shape index (κ3) is 4.40. The summed E-state index contributed by atoms with van der Waals surface area (Å²) in [6.07, 6.45) is -1.26. The van der Waals surface area contributed by atoms with Crippen molar-refractivity contribution >= 4 is 21.6 Å². The SMILES string of the molecule is COc1ccc(C(=O)C(C)OS(=O)(=O)c2ccc([N+](=O)[O-])cc2)cc1. The Bertz CT molecular complexity index is 874. The molecule has 1 unspecified atom stereocenters. The summed E-state index contributed by atoms with van der Waals surface area (Å²) >= 11 is 0. The fraction of sp³-hybridized carbons (Fsp3) is 0.188. The lowest BCUT2D eigenvalue weighted by atomic mass is 10.1. The molecular formula is C16H15NO7S. The largest absolute Gasteiger partial charge is 0.497 e. The maximum absolute atomic E-state index is 12.3. The zero-order valence-corrected chi connectivity index (χ0v) is 14.2. The van der Waals surface area contributed by atoms with Crippen molar-refractivity contribution in [3.05, 3.63) is 64.2 Å². The van der Waals surface area contributed by atoms with Crippen molar-refractivity contribution in [2.75, 3.05) is 7.11 Å². The monoisotopic (exact) mass is 365 g/mol. The number of nitrogens with zero attached hydrogens (tertiary/aromatic N) is 1. The van der Waals surface area contributed by atoms with Gasteiger partial charge in [-0.25, -0.2) is 0 Å². The van der Waals surface area contributed by atoms with E-state index < -0.39 is 26.9 Å². The molecule has 0 spiro atoms. The predicted molar refractivity (Wildman–Crippen MR) is 88.2 cm³/mol. The molecule has 2 aromatic rings.